The molecule has 0 radical (unpaired) electrons. The molecule has 1 heterocycles. The fourth-order valence-electron chi connectivity index (χ4n) is 5.37. The first-order valence-corrected chi connectivity index (χ1v) is 16.3. The lowest BCUT2D eigenvalue weighted by Crippen LogP contribution is -2.47. The van der Waals surface area contributed by atoms with E-state index in [1.165, 1.54) is 48.5 Å². The van der Waals surface area contributed by atoms with Gasteiger partial charge in [-0.2, -0.15) is 0 Å². The molecule has 0 N–H and O–H groups in total. The molecule has 1 saturated heterocycles. The molecule has 1 fully saturated rings. The number of benzene rings is 5. The van der Waals surface area contributed by atoms with E-state index in [-0.39, 0.29) is 27.8 Å². The Labute approximate surface area is 298 Å². The summed E-state index contributed by atoms with van der Waals surface area (Å²) in [4.78, 5) is 67.0. The van der Waals surface area contributed by atoms with Crippen LogP contribution in [0.15, 0.2) is 152 Å². The molecule has 5 aromatic rings. The van der Waals surface area contributed by atoms with Gasteiger partial charge in [0.2, 0.25) is 12.4 Å². The second-order valence-electron chi connectivity index (χ2n) is 11.5. The summed E-state index contributed by atoms with van der Waals surface area (Å²) in [6, 6.07) is 40.1. The van der Waals surface area contributed by atoms with Gasteiger partial charge in [0.1, 0.15) is 12.7 Å². The van der Waals surface area contributed by atoms with Gasteiger partial charge in [0.25, 0.3) is 0 Å². The third-order valence-corrected chi connectivity index (χ3v) is 7.97. The molecule has 52 heavy (non-hydrogen) atoms. The van der Waals surface area contributed by atoms with Crippen molar-refractivity contribution in [1.29, 1.82) is 0 Å². The van der Waals surface area contributed by atoms with E-state index < -0.39 is 67.2 Å². The van der Waals surface area contributed by atoms with Gasteiger partial charge in [-0.25, -0.2) is 24.0 Å². The van der Waals surface area contributed by atoms with E-state index in [9.17, 15) is 24.0 Å². The fraction of sp³-hybridized carbons (Fsp3) is 0.146. The number of carbonyl (C=O) groups is 5. The molecule has 11 heteroatoms. The van der Waals surface area contributed by atoms with Crippen molar-refractivity contribution in [2.45, 2.75) is 30.7 Å². The van der Waals surface area contributed by atoms with Crippen molar-refractivity contribution in [3.8, 4) is 0 Å². The zero-order valence-corrected chi connectivity index (χ0v) is 27.5. The average Bonchev–Trinajstić information content (AvgIpc) is 3.52. The topological polar surface area (TPSA) is 141 Å². The van der Waals surface area contributed by atoms with Crippen LogP contribution in [0, 0.1) is 0 Å². The van der Waals surface area contributed by atoms with Gasteiger partial charge in [0.15, 0.2) is 12.2 Å². The first kappa shape index (κ1) is 35.2. The molecule has 0 unspecified atom stereocenters. The number of hydrogen-bond donors (Lipinski definition) is 0. The Morgan fingerprint density at radius 3 is 1.21 bits per heavy atom. The minimum atomic E-state index is -1.68. The van der Waals surface area contributed by atoms with Crippen molar-refractivity contribution in [3.05, 3.63) is 179 Å². The van der Waals surface area contributed by atoms with Crippen LogP contribution in [0.4, 0.5) is 0 Å². The fourth-order valence-corrected chi connectivity index (χ4v) is 5.37. The smallest absolute Gasteiger partial charge is 0.340 e. The molecule has 5 aromatic carbocycles. The first-order valence-electron chi connectivity index (χ1n) is 16.3. The van der Waals surface area contributed by atoms with Crippen LogP contribution in [0.25, 0.3) is 0 Å². The Morgan fingerprint density at radius 1 is 0.442 bits per heavy atom. The Balaban J connectivity index is 1.38. The van der Waals surface area contributed by atoms with Gasteiger partial charge in [-0.1, -0.05) is 91.0 Å². The SMILES string of the molecule is O=C(OC[C@@H](OC(=O)c1ccccc1)[C@H]1O[C@H](OC(=O)c2ccccc2)[C@H](OC(=O)c2ccccc2)[C@H]1OC(=O)c1ccccc1)c1ccccc1. The highest BCUT2D eigenvalue weighted by atomic mass is 16.8. The third-order valence-electron chi connectivity index (χ3n) is 7.97. The number of hydrogen-bond acceptors (Lipinski definition) is 11. The highest BCUT2D eigenvalue weighted by molar-refractivity contribution is 5.92. The lowest BCUT2D eigenvalue weighted by Gasteiger charge is -2.28. The molecule has 0 aliphatic carbocycles. The summed E-state index contributed by atoms with van der Waals surface area (Å²) in [7, 11) is 0. The van der Waals surface area contributed by atoms with Gasteiger partial charge in [-0.3, -0.25) is 0 Å². The minimum absolute atomic E-state index is 0.146. The van der Waals surface area contributed by atoms with Crippen molar-refractivity contribution in [2.24, 2.45) is 0 Å². The van der Waals surface area contributed by atoms with Gasteiger partial charge in [-0.15, -0.1) is 0 Å². The largest absolute Gasteiger partial charge is 0.458 e. The maximum atomic E-state index is 13.6. The normalized spacial score (nSPS) is 18.3. The quantitative estimate of drug-likeness (QED) is 0.110. The molecule has 0 saturated carbocycles. The zero-order chi connectivity index (χ0) is 36.3. The lowest BCUT2D eigenvalue weighted by molar-refractivity contribution is -0.156. The van der Waals surface area contributed by atoms with Crippen molar-refractivity contribution >= 4 is 29.8 Å². The second kappa shape index (κ2) is 16.9. The molecule has 0 bridgehead atoms. The van der Waals surface area contributed by atoms with E-state index in [2.05, 4.69) is 0 Å². The Kier molecular flexibility index (Phi) is 11.4. The van der Waals surface area contributed by atoms with Crippen LogP contribution in [0.3, 0.4) is 0 Å². The van der Waals surface area contributed by atoms with E-state index in [0.29, 0.717) is 0 Å². The number of rotatable bonds is 12. The van der Waals surface area contributed by atoms with E-state index in [1.807, 2.05) is 0 Å². The number of carbonyl (C=O) groups excluding carboxylic acids is 5. The highest BCUT2D eigenvalue weighted by Crippen LogP contribution is 2.33. The summed E-state index contributed by atoms with van der Waals surface area (Å²) < 4.78 is 35.3. The van der Waals surface area contributed by atoms with Crippen LogP contribution in [-0.4, -0.2) is 67.2 Å². The van der Waals surface area contributed by atoms with Gasteiger partial charge >= 0.3 is 29.8 Å². The minimum Gasteiger partial charge on any atom is -0.458 e. The van der Waals surface area contributed by atoms with Crippen LogP contribution in [0.2, 0.25) is 0 Å². The lowest BCUT2D eigenvalue weighted by atomic mass is 10.0. The molecule has 1 aliphatic rings. The standard InChI is InChI=1S/C41H32O11/c42-36(27-16-6-1-7-17-27)47-26-32(48-37(43)28-18-8-2-9-19-28)33-34(49-38(44)29-20-10-3-11-21-29)35(50-39(45)30-22-12-4-13-23-30)41(51-33)52-40(46)31-24-14-5-15-25-31/h1-25,32-35,41H,26H2/t32-,33-,34+,35-,41-/m1/s1. The maximum absolute atomic E-state index is 13.6. The number of esters is 5. The van der Waals surface area contributed by atoms with Crippen molar-refractivity contribution in [1.82, 2.24) is 0 Å². The molecular formula is C41H32O11. The van der Waals surface area contributed by atoms with Crippen molar-refractivity contribution in [2.75, 3.05) is 6.61 Å². The maximum Gasteiger partial charge on any atom is 0.340 e. The molecule has 1 aliphatic heterocycles. The highest BCUT2D eigenvalue weighted by Gasteiger charge is 2.56. The summed E-state index contributed by atoms with van der Waals surface area (Å²) in [6.07, 6.45) is -7.79. The van der Waals surface area contributed by atoms with Gasteiger partial charge < -0.3 is 28.4 Å². The molecule has 0 spiro atoms. The van der Waals surface area contributed by atoms with E-state index in [4.69, 9.17) is 28.4 Å². The number of ether oxygens (including phenoxy) is 6. The van der Waals surface area contributed by atoms with Crippen molar-refractivity contribution in [3.63, 3.8) is 0 Å². The van der Waals surface area contributed by atoms with E-state index in [0.717, 1.165) is 0 Å². The molecule has 0 amide bonds. The molecular weight excluding hydrogens is 668 g/mol. The van der Waals surface area contributed by atoms with Crippen LogP contribution in [-0.2, 0) is 28.4 Å². The second-order valence-corrected chi connectivity index (χ2v) is 11.5. The monoisotopic (exact) mass is 700 g/mol. The van der Waals surface area contributed by atoms with Gasteiger partial charge in [-0.05, 0) is 60.7 Å². The van der Waals surface area contributed by atoms with Crippen LogP contribution in [0.5, 0.6) is 0 Å². The van der Waals surface area contributed by atoms with Gasteiger partial charge in [0.05, 0.1) is 27.8 Å². The summed E-state index contributed by atoms with van der Waals surface area (Å²) in [5, 5.41) is 0. The van der Waals surface area contributed by atoms with E-state index in [1.54, 1.807) is 103 Å². The molecule has 262 valence electrons. The summed E-state index contributed by atoms with van der Waals surface area (Å²) in [5.41, 5.74) is 0.837. The molecule has 6 rings (SSSR count). The van der Waals surface area contributed by atoms with Crippen LogP contribution >= 0.6 is 0 Å². The summed E-state index contributed by atoms with van der Waals surface area (Å²) in [5.74, 6) is -4.08. The van der Waals surface area contributed by atoms with Crippen LogP contribution in [0.1, 0.15) is 51.8 Å². The zero-order valence-electron chi connectivity index (χ0n) is 27.5. The van der Waals surface area contributed by atoms with Gasteiger partial charge in [0, 0.05) is 0 Å². The first-order chi connectivity index (χ1) is 25.4. The van der Waals surface area contributed by atoms with E-state index >= 15 is 0 Å². The molecule has 0 aromatic heterocycles. The predicted octanol–water partition coefficient (Wildman–Crippen LogP) is 6.10. The summed E-state index contributed by atoms with van der Waals surface area (Å²) in [6.45, 7) is -0.588. The van der Waals surface area contributed by atoms with Crippen molar-refractivity contribution < 1.29 is 52.4 Å². The Hall–Kier alpha value is -6.59. The molecule has 5 atom stereocenters. The Morgan fingerprint density at radius 2 is 0.788 bits per heavy atom. The average molecular weight is 701 g/mol. The Bertz CT molecular complexity index is 1970. The molecule has 11 nitrogen and oxygen atoms in total. The third kappa shape index (κ3) is 8.76. The summed E-state index contributed by atoms with van der Waals surface area (Å²) >= 11 is 0. The van der Waals surface area contributed by atoms with Crippen LogP contribution < -0.4 is 0 Å². The predicted molar refractivity (Wildman–Crippen MR) is 184 cm³/mol.